The number of rotatable bonds is 5. The van der Waals surface area contributed by atoms with Gasteiger partial charge in [-0.15, -0.1) is 0 Å². The summed E-state index contributed by atoms with van der Waals surface area (Å²) in [6.45, 7) is 5.09. The fourth-order valence-electron chi connectivity index (χ4n) is 4.98. The molecule has 2 aliphatic heterocycles. The van der Waals surface area contributed by atoms with E-state index in [0.29, 0.717) is 30.8 Å². The molecule has 0 spiro atoms. The highest BCUT2D eigenvalue weighted by molar-refractivity contribution is 5.85. The van der Waals surface area contributed by atoms with Crippen molar-refractivity contribution < 1.29 is 13.6 Å². The lowest BCUT2D eigenvalue weighted by Crippen LogP contribution is -2.50. The molecule has 1 aliphatic carbocycles. The van der Waals surface area contributed by atoms with Crippen LogP contribution in [0.4, 0.5) is 26.5 Å². The first-order valence-corrected chi connectivity index (χ1v) is 12.0. The standard InChI is InChI=1S/C23H31F2N7O/c1-14(2)17-13-26-21(27-17)29-19-15-5-3-6-16(15)28-22(30-19)32-10-4-7-18(32)20(33)31-11-8-23(24,25)9-12-31/h13-14,18H,3-12H2,1-2H3,(H2,26,27,28,29,30)/t18-/m0/s1. The summed E-state index contributed by atoms with van der Waals surface area (Å²) in [6.07, 6.45) is 5.62. The largest absolute Gasteiger partial charge is 0.340 e. The fourth-order valence-corrected chi connectivity index (χ4v) is 4.98. The van der Waals surface area contributed by atoms with Crippen LogP contribution in [0.5, 0.6) is 0 Å². The van der Waals surface area contributed by atoms with Crippen molar-refractivity contribution in [3.05, 3.63) is 23.1 Å². The number of carbonyl (C=O) groups is 1. The van der Waals surface area contributed by atoms with E-state index in [1.54, 1.807) is 4.90 Å². The van der Waals surface area contributed by atoms with Crippen LogP contribution in [0.15, 0.2) is 6.20 Å². The van der Waals surface area contributed by atoms with Gasteiger partial charge in [0.1, 0.15) is 11.9 Å². The van der Waals surface area contributed by atoms with Crippen LogP contribution in [-0.2, 0) is 17.6 Å². The van der Waals surface area contributed by atoms with Crippen molar-refractivity contribution in [2.45, 2.75) is 76.7 Å². The van der Waals surface area contributed by atoms with Gasteiger partial charge in [0.2, 0.25) is 17.8 Å². The number of imidazole rings is 1. The van der Waals surface area contributed by atoms with Gasteiger partial charge in [-0.05, 0) is 38.0 Å². The quantitative estimate of drug-likeness (QED) is 0.707. The molecule has 1 amide bonds. The van der Waals surface area contributed by atoms with Crippen molar-refractivity contribution in [1.29, 1.82) is 0 Å². The molecule has 8 nitrogen and oxygen atoms in total. The minimum Gasteiger partial charge on any atom is -0.340 e. The number of hydrogen-bond acceptors (Lipinski definition) is 6. The van der Waals surface area contributed by atoms with E-state index < -0.39 is 12.0 Å². The second-order valence-electron chi connectivity index (χ2n) is 9.65. The van der Waals surface area contributed by atoms with Gasteiger partial charge in [-0.2, -0.15) is 4.98 Å². The Bertz CT molecular complexity index is 1030. The second kappa shape index (κ2) is 8.53. The van der Waals surface area contributed by atoms with Crippen molar-refractivity contribution in [3.63, 3.8) is 0 Å². The van der Waals surface area contributed by atoms with E-state index >= 15 is 0 Å². The molecular formula is C23H31F2N7O. The van der Waals surface area contributed by atoms with Gasteiger partial charge in [-0.1, -0.05) is 13.8 Å². The van der Waals surface area contributed by atoms with Crippen LogP contribution in [0, 0.1) is 0 Å². The maximum absolute atomic E-state index is 13.6. The zero-order valence-electron chi connectivity index (χ0n) is 19.2. The predicted octanol–water partition coefficient (Wildman–Crippen LogP) is 3.78. The summed E-state index contributed by atoms with van der Waals surface area (Å²) in [7, 11) is 0. The van der Waals surface area contributed by atoms with Gasteiger partial charge in [0.05, 0.1) is 11.9 Å². The number of anilines is 3. The highest BCUT2D eigenvalue weighted by Gasteiger charge is 2.41. The van der Waals surface area contributed by atoms with Crippen molar-refractivity contribution in [2.24, 2.45) is 0 Å². The van der Waals surface area contributed by atoms with Crippen LogP contribution in [0.1, 0.15) is 68.8 Å². The molecule has 2 saturated heterocycles. The minimum absolute atomic E-state index is 0.0887. The Hall–Kier alpha value is -2.78. The number of nitrogens with one attached hydrogen (secondary N) is 2. The summed E-state index contributed by atoms with van der Waals surface area (Å²) in [5.74, 6) is -0.516. The van der Waals surface area contributed by atoms with E-state index in [-0.39, 0.29) is 31.8 Å². The number of amides is 1. The number of aryl methyl sites for hydroxylation is 1. The normalized spacial score (nSPS) is 22.2. The van der Waals surface area contributed by atoms with E-state index in [4.69, 9.17) is 9.97 Å². The third-order valence-corrected chi connectivity index (χ3v) is 6.98. The van der Waals surface area contributed by atoms with Crippen molar-refractivity contribution in [3.8, 4) is 0 Å². The number of likely N-dealkylation sites (tertiary alicyclic amines) is 1. The molecule has 0 radical (unpaired) electrons. The predicted molar refractivity (Wildman–Crippen MR) is 121 cm³/mol. The molecule has 10 heteroatoms. The third kappa shape index (κ3) is 4.39. The minimum atomic E-state index is -2.67. The second-order valence-corrected chi connectivity index (χ2v) is 9.65. The molecule has 4 heterocycles. The Morgan fingerprint density at radius 1 is 1.18 bits per heavy atom. The summed E-state index contributed by atoms with van der Waals surface area (Å²) in [5.41, 5.74) is 3.15. The van der Waals surface area contributed by atoms with Crippen LogP contribution >= 0.6 is 0 Å². The Labute approximate surface area is 192 Å². The highest BCUT2D eigenvalue weighted by atomic mass is 19.3. The van der Waals surface area contributed by atoms with E-state index in [2.05, 4.69) is 29.1 Å². The monoisotopic (exact) mass is 459 g/mol. The maximum atomic E-state index is 13.6. The van der Waals surface area contributed by atoms with E-state index in [1.165, 1.54) is 0 Å². The number of carbonyl (C=O) groups excluding carboxylic acids is 1. The summed E-state index contributed by atoms with van der Waals surface area (Å²) >= 11 is 0. The molecule has 2 aromatic heterocycles. The van der Waals surface area contributed by atoms with Crippen LogP contribution in [0.3, 0.4) is 0 Å². The van der Waals surface area contributed by atoms with Crippen molar-refractivity contribution in [2.75, 3.05) is 29.9 Å². The highest BCUT2D eigenvalue weighted by Crippen LogP contribution is 2.34. The van der Waals surface area contributed by atoms with Gasteiger partial charge >= 0.3 is 0 Å². The number of nitrogens with zero attached hydrogens (tertiary/aromatic N) is 5. The molecule has 0 unspecified atom stereocenters. The smallest absolute Gasteiger partial charge is 0.251 e. The summed E-state index contributed by atoms with van der Waals surface area (Å²) in [5, 5.41) is 3.34. The summed E-state index contributed by atoms with van der Waals surface area (Å²) < 4.78 is 27.1. The molecule has 5 rings (SSSR count). The summed E-state index contributed by atoms with van der Waals surface area (Å²) in [6, 6.07) is -0.403. The van der Waals surface area contributed by atoms with Gasteiger partial charge in [0.25, 0.3) is 5.92 Å². The molecule has 0 aromatic carbocycles. The van der Waals surface area contributed by atoms with Crippen molar-refractivity contribution >= 4 is 23.6 Å². The Morgan fingerprint density at radius 3 is 2.70 bits per heavy atom. The Balaban J connectivity index is 1.39. The van der Waals surface area contributed by atoms with Crippen LogP contribution in [0.25, 0.3) is 0 Å². The first-order valence-electron chi connectivity index (χ1n) is 12.0. The van der Waals surface area contributed by atoms with Gasteiger partial charge in [0.15, 0.2) is 0 Å². The SMILES string of the molecule is CC(C)c1cnc(Nc2nc(N3CCC[C@H]3C(=O)N3CCC(F)(F)CC3)nc3c2CCC3)[nH]1. The molecule has 2 N–H and O–H groups in total. The Kier molecular flexibility index (Phi) is 5.70. The van der Waals surface area contributed by atoms with Gasteiger partial charge < -0.3 is 20.1 Å². The number of aromatic nitrogens is 4. The summed E-state index contributed by atoms with van der Waals surface area (Å²) in [4.78, 5) is 34.2. The molecule has 178 valence electrons. The molecule has 0 saturated carbocycles. The first-order chi connectivity index (χ1) is 15.8. The van der Waals surface area contributed by atoms with Crippen LogP contribution in [-0.4, -0.2) is 62.3 Å². The Morgan fingerprint density at radius 2 is 1.97 bits per heavy atom. The van der Waals surface area contributed by atoms with E-state index in [9.17, 15) is 13.6 Å². The average Bonchev–Trinajstić information content (AvgIpc) is 3.53. The number of alkyl halides is 2. The molecule has 0 bridgehead atoms. The lowest BCUT2D eigenvalue weighted by Gasteiger charge is -2.35. The van der Waals surface area contributed by atoms with Crippen molar-refractivity contribution in [1.82, 2.24) is 24.8 Å². The molecule has 2 fully saturated rings. The number of H-pyrrole nitrogens is 1. The van der Waals surface area contributed by atoms with Gasteiger partial charge in [-0.25, -0.2) is 18.7 Å². The first kappa shape index (κ1) is 22.0. The van der Waals surface area contributed by atoms with E-state index in [1.807, 2.05) is 11.1 Å². The molecule has 33 heavy (non-hydrogen) atoms. The number of piperidine rings is 1. The van der Waals surface area contributed by atoms with Gasteiger partial charge in [-0.3, -0.25) is 4.79 Å². The third-order valence-electron chi connectivity index (χ3n) is 6.98. The lowest BCUT2D eigenvalue weighted by atomic mass is 10.1. The number of hydrogen-bond donors (Lipinski definition) is 2. The van der Waals surface area contributed by atoms with Gasteiger partial charge in [0, 0.05) is 43.7 Å². The number of fused-ring (bicyclic) bond motifs is 1. The number of aromatic amines is 1. The topological polar surface area (TPSA) is 90.0 Å². The van der Waals surface area contributed by atoms with E-state index in [0.717, 1.165) is 48.5 Å². The zero-order valence-corrected chi connectivity index (χ0v) is 19.2. The maximum Gasteiger partial charge on any atom is 0.251 e. The molecule has 3 aliphatic rings. The lowest BCUT2D eigenvalue weighted by molar-refractivity contribution is -0.138. The molecule has 2 aromatic rings. The average molecular weight is 460 g/mol. The zero-order chi connectivity index (χ0) is 23.2. The molecule has 1 atom stereocenters. The molecular weight excluding hydrogens is 428 g/mol. The fraction of sp³-hybridized carbons (Fsp3) is 0.652. The number of halogens is 2. The van der Waals surface area contributed by atoms with Crippen LogP contribution in [0.2, 0.25) is 0 Å². The van der Waals surface area contributed by atoms with Crippen LogP contribution < -0.4 is 10.2 Å².